The van der Waals surface area contributed by atoms with Crippen molar-refractivity contribution in [3.8, 4) is 22.8 Å². The number of nitrogens with two attached hydrogens (primary N) is 1. The molecule has 0 spiro atoms. The summed E-state index contributed by atoms with van der Waals surface area (Å²) in [5.41, 5.74) is 4.05. The lowest BCUT2D eigenvalue weighted by Crippen LogP contribution is -2.12. The second-order valence-corrected chi connectivity index (χ2v) is 8.54. The Labute approximate surface area is 179 Å². The number of nitrogens with one attached hydrogen (secondary N) is 1. The largest absolute Gasteiger partial charge is 0.504 e. The number of aromatic hydroxyl groups is 1. The average Bonchev–Trinajstić information content (AvgIpc) is 3.19. The molecule has 0 bridgehead atoms. The van der Waals surface area contributed by atoms with Gasteiger partial charge in [0, 0.05) is 24.0 Å². The fraction of sp³-hybridized carbons (Fsp3) is 0.143. The summed E-state index contributed by atoms with van der Waals surface area (Å²) in [5, 5.41) is 18.3. The van der Waals surface area contributed by atoms with E-state index >= 15 is 0 Å². The van der Waals surface area contributed by atoms with Crippen molar-refractivity contribution in [2.45, 2.75) is 18.4 Å². The third-order valence-corrected chi connectivity index (χ3v) is 5.82. The first-order valence-corrected chi connectivity index (χ1v) is 10.9. The summed E-state index contributed by atoms with van der Waals surface area (Å²) in [6.45, 7) is 2.35. The molecular weight excluding hydrogens is 418 g/mol. The molecule has 0 aliphatic heterocycles. The summed E-state index contributed by atoms with van der Waals surface area (Å²) < 4.78 is 30.0. The van der Waals surface area contributed by atoms with Gasteiger partial charge < -0.3 is 15.2 Å². The van der Waals surface area contributed by atoms with Crippen molar-refractivity contribution in [2.75, 3.05) is 12.4 Å². The van der Waals surface area contributed by atoms with Crippen molar-refractivity contribution in [3.05, 3.63) is 66.1 Å². The maximum atomic E-state index is 11.4. The van der Waals surface area contributed by atoms with Crippen LogP contribution in [0.5, 0.6) is 11.5 Å². The van der Waals surface area contributed by atoms with Crippen LogP contribution in [0.1, 0.15) is 11.3 Å². The van der Waals surface area contributed by atoms with E-state index in [9.17, 15) is 13.5 Å². The molecule has 0 fully saturated rings. The molecule has 2 aromatic carbocycles. The minimum Gasteiger partial charge on any atom is -0.504 e. The third kappa shape index (κ3) is 4.03. The fourth-order valence-electron chi connectivity index (χ4n) is 3.30. The van der Waals surface area contributed by atoms with E-state index < -0.39 is 10.0 Å². The first-order chi connectivity index (χ1) is 14.8. The Morgan fingerprint density at radius 3 is 2.55 bits per heavy atom. The number of sulfonamides is 1. The Hall–Kier alpha value is -3.63. The van der Waals surface area contributed by atoms with Crippen molar-refractivity contribution in [2.24, 2.45) is 5.14 Å². The minimum absolute atomic E-state index is 0.0641. The van der Waals surface area contributed by atoms with E-state index in [0.29, 0.717) is 23.8 Å². The molecule has 4 N–H and O–H groups in total. The number of aromatic nitrogens is 3. The molecule has 0 atom stereocenters. The van der Waals surface area contributed by atoms with Gasteiger partial charge in [0.15, 0.2) is 23.0 Å². The van der Waals surface area contributed by atoms with E-state index in [1.165, 1.54) is 19.2 Å². The number of anilines is 1. The van der Waals surface area contributed by atoms with Gasteiger partial charge in [-0.25, -0.2) is 23.5 Å². The number of methoxy groups -OCH3 is 1. The molecule has 0 unspecified atom stereocenters. The molecule has 9 nitrogen and oxygen atoms in total. The van der Waals surface area contributed by atoms with Crippen LogP contribution in [0.15, 0.2) is 59.8 Å². The molecule has 0 amide bonds. The van der Waals surface area contributed by atoms with Gasteiger partial charge in [0.05, 0.1) is 23.9 Å². The Bertz CT molecular complexity index is 1360. The Balaban J connectivity index is 1.65. The van der Waals surface area contributed by atoms with Crippen LogP contribution in [0.4, 0.5) is 5.82 Å². The van der Waals surface area contributed by atoms with Crippen LogP contribution >= 0.6 is 0 Å². The normalized spacial score (nSPS) is 11.6. The predicted octanol–water partition coefficient (Wildman–Crippen LogP) is 2.68. The van der Waals surface area contributed by atoms with E-state index in [4.69, 9.17) is 9.88 Å². The maximum absolute atomic E-state index is 11.4. The smallest absolute Gasteiger partial charge is 0.238 e. The van der Waals surface area contributed by atoms with Gasteiger partial charge in [-0.1, -0.05) is 12.1 Å². The summed E-state index contributed by atoms with van der Waals surface area (Å²) in [6, 6.07) is 11.4. The lowest BCUT2D eigenvalue weighted by atomic mass is 10.1. The summed E-state index contributed by atoms with van der Waals surface area (Å²) in [6.07, 6.45) is 3.48. The van der Waals surface area contributed by atoms with Crippen LogP contribution in [0.3, 0.4) is 0 Å². The number of hydrogen-bond acceptors (Lipinski definition) is 7. The van der Waals surface area contributed by atoms with Crippen LogP contribution in [0, 0.1) is 6.92 Å². The van der Waals surface area contributed by atoms with Crippen LogP contribution in [-0.4, -0.2) is 35.0 Å². The SMILES string of the molecule is COc1cc(-c2cnc3c(NCc4ccc(S(N)(=O)=O)cc4)ncc(C)n23)ccc1O. The van der Waals surface area contributed by atoms with E-state index in [1.54, 1.807) is 42.7 Å². The second kappa shape index (κ2) is 7.89. The number of fused-ring (bicyclic) bond motifs is 1. The quantitative estimate of drug-likeness (QED) is 0.421. The number of aryl methyl sites for hydroxylation is 1. The first kappa shape index (κ1) is 20.6. The molecular formula is C21H21N5O4S. The van der Waals surface area contributed by atoms with Gasteiger partial charge >= 0.3 is 0 Å². The highest BCUT2D eigenvalue weighted by Crippen LogP contribution is 2.32. The molecule has 10 heteroatoms. The van der Waals surface area contributed by atoms with E-state index in [-0.39, 0.29) is 10.6 Å². The first-order valence-electron chi connectivity index (χ1n) is 9.34. The lowest BCUT2D eigenvalue weighted by Gasteiger charge is -2.11. The van der Waals surface area contributed by atoms with E-state index in [1.807, 2.05) is 11.3 Å². The fourth-order valence-corrected chi connectivity index (χ4v) is 3.81. The molecule has 0 radical (unpaired) electrons. The monoisotopic (exact) mass is 439 g/mol. The molecule has 0 saturated carbocycles. The summed E-state index contributed by atoms with van der Waals surface area (Å²) in [7, 11) is -2.22. The van der Waals surface area contributed by atoms with Gasteiger partial charge in [-0.05, 0) is 42.8 Å². The van der Waals surface area contributed by atoms with Gasteiger partial charge in [-0.3, -0.25) is 4.40 Å². The number of rotatable bonds is 6. The standard InChI is InChI=1S/C21H21N5O4S/c1-13-10-23-20(24-11-14-3-6-16(7-4-14)31(22,28)29)21-25-12-17(26(13)21)15-5-8-18(27)19(9-15)30-2/h3-10,12,27H,11H2,1-2H3,(H,23,24)(H2,22,28,29). The van der Waals surface area contributed by atoms with Crippen LogP contribution in [-0.2, 0) is 16.6 Å². The Morgan fingerprint density at radius 1 is 1.13 bits per heavy atom. The van der Waals surface area contributed by atoms with Crippen molar-refractivity contribution < 1.29 is 18.3 Å². The molecule has 2 heterocycles. The average molecular weight is 439 g/mol. The van der Waals surface area contributed by atoms with Gasteiger partial charge in [0.1, 0.15) is 0 Å². The maximum Gasteiger partial charge on any atom is 0.238 e. The van der Waals surface area contributed by atoms with Gasteiger partial charge in [-0.15, -0.1) is 0 Å². The minimum atomic E-state index is -3.72. The zero-order valence-electron chi connectivity index (χ0n) is 16.9. The number of nitrogens with zero attached hydrogens (tertiary/aromatic N) is 3. The molecule has 160 valence electrons. The molecule has 0 saturated heterocycles. The van der Waals surface area contributed by atoms with Crippen molar-refractivity contribution in [1.82, 2.24) is 14.4 Å². The zero-order chi connectivity index (χ0) is 22.2. The van der Waals surface area contributed by atoms with E-state index in [2.05, 4.69) is 15.3 Å². The van der Waals surface area contributed by atoms with Crippen molar-refractivity contribution in [1.29, 1.82) is 0 Å². The Morgan fingerprint density at radius 2 is 1.87 bits per heavy atom. The Kier molecular flexibility index (Phi) is 5.25. The zero-order valence-corrected chi connectivity index (χ0v) is 17.7. The lowest BCUT2D eigenvalue weighted by molar-refractivity contribution is 0.373. The molecule has 0 aliphatic rings. The van der Waals surface area contributed by atoms with E-state index in [0.717, 1.165) is 22.5 Å². The van der Waals surface area contributed by atoms with Crippen LogP contribution in [0.2, 0.25) is 0 Å². The number of primary sulfonamides is 1. The highest BCUT2D eigenvalue weighted by molar-refractivity contribution is 7.89. The number of hydrogen-bond donors (Lipinski definition) is 3. The number of imidazole rings is 1. The number of benzene rings is 2. The predicted molar refractivity (Wildman–Crippen MR) is 117 cm³/mol. The van der Waals surface area contributed by atoms with Gasteiger partial charge in [-0.2, -0.15) is 0 Å². The topological polar surface area (TPSA) is 132 Å². The molecule has 0 aliphatic carbocycles. The molecule has 2 aromatic heterocycles. The molecule has 4 aromatic rings. The number of phenolic OH excluding ortho intramolecular Hbond substituents is 1. The second-order valence-electron chi connectivity index (χ2n) is 6.98. The summed E-state index contributed by atoms with van der Waals surface area (Å²) >= 11 is 0. The van der Waals surface area contributed by atoms with Gasteiger partial charge in [0.2, 0.25) is 10.0 Å². The summed E-state index contributed by atoms with van der Waals surface area (Å²) in [4.78, 5) is 9.05. The van der Waals surface area contributed by atoms with Crippen molar-refractivity contribution in [3.63, 3.8) is 0 Å². The number of phenols is 1. The number of ether oxygens (including phenoxy) is 1. The molecule has 31 heavy (non-hydrogen) atoms. The molecule has 4 rings (SSSR count). The van der Waals surface area contributed by atoms with Gasteiger partial charge in [0.25, 0.3) is 0 Å². The van der Waals surface area contributed by atoms with Crippen LogP contribution in [0.25, 0.3) is 16.9 Å². The third-order valence-electron chi connectivity index (χ3n) is 4.89. The van der Waals surface area contributed by atoms with Crippen LogP contribution < -0.4 is 15.2 Å². The summed E-state index contributed by atoms with van der Waals surface area (Å²) in [5.74, 6) is 1.02. The highest BCUT2D eigenvalue weighted by atomic mass is 32.2. The van der Waals surface area contributed by atoms with Crippen molar-refractivity contribution >= 4 is 21.5 Å². The highest BCUT2D eigenvalue weighted by Gasteiger charge is 2.14.